The van der Waals surface area contributed by atoms with Crippen molar-refractivity contribution in [1.29, 1.82) is 0 Å². The molecule has 0 aliphatic rings. The molecule has 0 saturated heterocycles. The number of carboxylic acids is 2. The van der Waals surface area contributed by atoms with Crippen molar-refractivity contribution in [3.8, 4) is 0 Å². The molecule has 0 aromatic heterocycles. The van der Waals surface area contributed by atoms with E-state index in [1.54, 1.807) is 0 Å². The van der Waals surface area contributed by atoms with Crippen molar-refractivity contribution in [2.24, 2.45) is 0 Å². The second-order valence-corrected chi connectivity index (χ2v) is 1.06. The topological polar surface area (TPSA) is 121 Å². The fraction of sp³-hybridized carbons (Fsp3) is 0.500. The molecular formula is C4H6O6Pd. The zero-order chi connectivity index (χ0) is 8.57. The fourth-order valence-corrected chi connectivity index (χ4v) is 0. The molecule has 0 unspecified atom stereocenters. The van der Waals surface area contributed by atoms with Gasteiger partial charge in [0.1, 0.15) is 0 Å². The van der Waals surface area contributed by atoms with E-state index in [1.165, 1.54) is 0 Å². The number of carbonyl (C=O) groups is 2. The number of hydrogen-bond donors (Lipinski definition) is 2. The summed E-state index contributed by atoms with van der Waals surface area (Å²) in [6, 6.07) is 0. The van der Waals surface area contributed by atoms with Crippen LogP contribution in [0.2, 0.25) is 0 Å². The summed E-state index contributed by atoms with van der Waals surface area (Å²) in [7, 11) is 0. The Bertz CT molecular complexity index is 99.1. The number of rotatable bonds is 2. The molecule has 0 spiro atoms. The van der Waals surface area contributed by atoms with Crippen LogP contribution in [0.15, 0.2) is 0 Å². The molecule has 0 bridgehead atoms. The number of carbonyl (C=O) groups excluding carboxylic acids is 2. The molecule has 0 atom stereocenters. The van der Waals surface area contributed by atoms with E-state index < -0.39 is 25.2 Å². The van der Waals surface area contributed by atoms with E-state index in [1.807, 2.05) is 0 Å². The normalized spacial score (nSPS) is 6.73. The molecule has 0 saturated carbocycles. The molecule has 6 nitrogen and oxygen atoms in total. The largest absolute Gasteiger partial charge is 2.00 e. The van der Waals surface area contributed by atoms with E-state index in [0.29, 0.717) is 0 Å². The van der Waals surface area contributed by atoms with Crippen LogP contribution >= 0.6 is 0 Å². The molecular weight excluding hydrogens is 250 g/mol. The summed E-state index contributed by atoms with van der Waals surface area (Å²) in [5, 5.41) is 33.0. The minimum absolute atomic E-state index is 0. The predicted octanol–water partition coefficient (Wildman–Crippen LogP) is -4.55. The van der Waals surface area contributed by atoms with E-state index in [0.717, 1.165) is 0 Å². The summed E-state index contributed by atoms with van der Waals surface area (Å²) in [5.41, 5.74) is 0. The van der Waals surface area contributed by atoms with Gasteiger partial charge in [-0.2, -0.15) is 0 Å². The van der Waals surface area contributed by atoms with Crippen molar-refractivity contribution >= 4 is 11.9 Å². The average Bonchev–Trinajstić information content (AvgIpc) is 1.89. The molecule has 0 heterocycles. The van der Waals surface area contributed by atoms with Gasteiger partial charge in [0.15, 0.2) is 0 Å². The summed E-state index contributed by atoms with van der Waals surface area (Å²) in [5.74, 6) is -2.88. The summed E-state index contributed by atoms with van der Waals surface area (Å²) in [6.07, 6.45) is 0. The van der Waals surface area contributed by atoms with Gasteiger partial charge in [-0.25, -0.2) is 0 Å². The molecule has 0 aliphatic heterocycles. The Labute approximate surface area is 76.1 Å². The van der Waals surface area contributed by atoms with Crippen LogP contribution in [-0.4, -0.2) is 35.4 Å². The first-order valence-electron chi connectivity index (χ1n) is 2.16. The van der Waals surface area contributed by atoms with Gasteiger partial charge in [-0.1, -0.05) is 0 Å². The standard InChI is InChI=1S/2C2H4O3.Pd/c2*3-1-2(4)5;/h2*3H,1H2,(H,4,5);/q;;+2/p-2. The molecule has 0 radical (unpaired) electrons. The van der Waals surface area contributed by atoms with Gasteiger partial charge in [0.2, 0.25) is 0 Å². The Balaban J connectivity index is -0.000000107. The maximum Gasteiger partial charge on any atom is 2.00 e. The number of hydrogen-bond acceptors (Lipinski definition) is 6. The van der Waals surface area contributed by atoms with Crippen LogP contribution in [-0.2, 0) is 30.0 Å². The molecule has 0 aromatic carbocycles. The van der Waals surface area contributed by atoms with Gasteiger partial charge in [-0.15, -0.1) is 0 Å². The van der Waals surface area contributed by atoms with Crippen molar-refractivity contribution in [3.63, 3.8) is 0 Å². The van der Waals surface area contributed by atoms with E-state index >= 15 is 0 Å². The summed E-state index contributed by atoms with van der Waals surface area (Å²) >= 11 is 0. The van der Waals surface area contributed by atoms with E-state index in [9.17, 15) is 0 Å². The van der Waals surface area contributed by atoms with Crippen LogP contribution < -0.4 is 10.2 Å². The number of aliphatic carboxylic acids is 2. The Kier molecular flexibility index (Phi) is 18.7. The van der Waals surface area contributed by atoms with Gasteiger partial charge >= 0.3 is 20.4 Å². The monoisotopic (exact) mass is 256 g/mol. The van der Waals surface area contributed by atoms with Crippen molar-refractivity contribution in [2.45, 2.75) is 0 Å². The summed E-state index contributed by atoms with van der Waals surface area (Å²) < 4.78 is 0. The first-order valence-corrected chi connectivity index (χ1v) is 2.16. The smallest absolute Gasteiger partial charge is 0.548 e. The van der Waals surface area contributed by atoms with E-state index in [4.69, 9.17) is 30.0 Å². The van der Waals surface area contributed by atoms with Gasteiger partial charge in [-0.3, -0.25) is 0 Å². The van der Waals surface area contributed by atoms with Crippen LogP contribution in [0.3, 0.4) is 0 Å². The van der Waals surface area contributed by atoms with Gasteiger partial charge < -0.3 is 30.0 Å². The van der Waals surface area contributed by atoms with E-state index in [-0.39, 0.29) is 20.4 Å². The van der Waals surface area contributed by atoms with Gasteiger partial charge in [0, 0.05) is 0 Å². The van der Waals surface area contributed by atoms with Crippen molar-refractivity contribution in [1.82, 2.24) is 0 Å². The summed E-state index contributed by atoms with van der Waals surface area (Å²) in [4.78, 5) is 18.0. The zero-order valence-electron chi connectivity index (χ0n) is 5.26. The van der Waals surface area contributed by atoms with Crippen LogP contribution in [0.25, 0.3) is 0 Å². The summed E-state index contributed by atoms with van der Waals surface area (Å²) in [6.45, 7) is -1.78. The molecule has 0 fully saturated rings. The number of carboxylic acid groups (broad SMARTS) is 2. The average molecular weight is 257 g/mol. The maximum atomic E-state index is 9.01. The zero-order valence-corrected chi connectivity index (χ0v) is 6.81. The third-order valence-corrected chi connectivity index (χ3v) is 0.258. The molecule has 0 rings (SSSR count). The molecule has 0 aromatic rings. The predicted molar refractivity (Wildman–Crippen MR) is 24.2 cm³/mol. The maximum absolute atomic E-state index is 9.01. The Morgan fingerprint density at radius 2 is 1.09 bits per heavy atom. The van der Waals surface area contributed by atoms with Crippen molar-refractivity contribution in [3.05, 3.63) is 0 Å². The van der Waals surface area contributed by atoms with Gasteiger partial charge in [-0.05, 0) is 0 Å². The third kappa shape index (κ3) is 43.4. The van der Waals surface area contributed by atoms with E-state index in [2.05, 4.69) is 0 Å². The van der Waals surface area contributed by atoms with Crippen LogP contribution in [0.4, 0.5) is 0 Å². The second kappa shape index (κ2) is 12.2. The number of aliphatic hydroxyl groups excluding tert-OH is 2. The Hall–Kier alpha value is -0.478. The van der Waals surface area contributed by atoms with Crippen molar-refractivity contribution in [2.75, 3.05) is 13.2 Å². The number of aliphatic hydroxyl groups is 2. The van der Waals surface area contributed by atoms with Crippen LogP contribution in [0, 0.1) is 0 Å². The van der Waals surface area contributed by atoms with Crippen LogP contribution in [0.1, 0.15) is 0 Å². The molecule has 68 valence electrons. The SMILES string of the molecule is O=C([O-])CO.O=C([O-])CO.[Pd+2]. The second-order valence-electron chi connectivity index (χ2n) is 1.06. The first-order chi connectivity index (χ1) is 4.54. The Morgan fingerprint density at radius 1 is 1.00 bits per heavy atom. The van der Waals surface area contributed by atoms with Gasteiger partial charge in [0.05, 0.1) is 25.2 Å². The molecule has 7 heteroatoms. The minimum atomic E-state index is -1.44. The molecule has 0 amide bonds. The molecule has 0 aliphatic carbocycles. The quantitative estimate of drug-likeness (QED) is 0.480. The molecule has 2 N–H and O–H groups in total. The minimum Gasteiger partial charge on any atom is -0.548 e. The third-order valence-electron chi connectivity index (χ3n) is 0.258. The first kappa shape index (κ1) is 16.9. The molecule has 11 heavy (non-hydrogen) atoms. The van der Waals surface area contributed by atoms with Crippen LogP contribution in [0.5, 0.6) is 0 Å². The fourth-order valence-electron chi connectivity index (χ4n) is 0. The Morgan fingerprint density at radius 3 is 1.09 bits per heavy atom. The van der Waals surface area contributed by atoms with Gasteiger partial charge in [0.25, 0.3) is 0 Å². The van der Waals surface area contributed by atoms with Crippen molar-refractivity contribution < 1.29 is 50.4 Å².